The number of pyridine rings is 1. The lowest BCUT2D eigenvalue weighted by Gasteiger charge is -2.18. The van der Waals surface area contributed by atoms with Crippen LogP contribution in [0.3, 0.4) is 0 Å². The van der Waals surface area contributed by atoms with Crippen LogP contribution in [-0.4, -0.2) is 4.98 Å². The Kier molecular flexibility index (Phi) is 4.61. The lowest BCUT2D eigenvalue weighted by Crippen LogP contribution is -2.11. The fourth-order valence-corrected chi connectivity index (χ4v) is 2.06. The number of hydrogen-bond acceptors (Lipinski definition) is 2. The summed E-state index contributed by atoms with van der Waals surface area (Å²) < 4.78 is 12.9. The molecular weight excluding hydrogens is 286 g/mol. The Balaban J connectivity index is 2.18. The van der Waals surface area contributed by atoms with Crippen LogP contribution >= 0.6 is 23.2 Å². The summed E-state index contributed by atoms with van der Waals surface area (Å²) in [6.45, 7) is 2.03. The second kappa shape index (κ2) is 6.22. The molecule has 0 spiro atoms. The molecule has 2 rings (SSSR count). The van der Waals surface area contributed by atoms with Crippen molar-refractivity contribution in [3.05, 3.63) is 58.1 Å². The zero-order chi connectivity index (χ0) is 13.8. The molecule has 0 saturated carbocycles. The monoisotopic (exact) mass is 298 g/mol. The molecule has 2 aromatic rings. The maximum absolute atomic E-state index is 12.9. The van der Waals surface area contributed by atoms with Crippen molar-refractivity contribution in [3.63, 3.8) is 0 Å². The van der Waals surface area contributed by atoms with E-state index in [4.69, 9.17) is 23.2 Å². The minimum atomic E-state index is -0.340. The van der Waals surface area contributed by atoms with Crippen molar-refractivity contribution in [1.82, 2.24) is 4.98 Å². The third-order valence-electron chi connectivity index (χ3n) is 2.78. The van der Waals surface area contributed by atoms with Crippen LogP contribution in [0, 0.1) is 5.82 Å². The summed E-state index contributed by atoms with van der Waals surface area (Å²) in [6, 6.07) is 8.42. The average Bonchev–Trinajstić information content (AvgIpc) is 2.41. The third-order valence-corrected chi connectivity index (χ3v) is 3.52. The SMILES string of the molecule is CCC(Nc1ccc(Cl)c(Cl)c1)c1ccc(F)cn1. The van der Waals surface area contributed by atoms with Gasteiger partial charge in [-0.25, -0.2) is 4.39 Å². The smallest absolute Gasteiger partial charge is 0.141 e. The topological polar surface area (TPSA) is 24.9 Å². The molecule has 0 bridgehead atoms. The molecule has 0 saturated heterocycles. The van der Waals surface area contributed by atoms with Gasteiger partial charge in [0.25, 0.3) is 0 Å². The van der Waals surface area contributed by atoms with Crippen molar-refractivity contribution < 1.29 is 4.39 Å². The maximum Gasteiger partial charge on any atom is 0.141 e. The van der Waals surface area contributed by atoms with Crippen molar-refractivity contribution in [2.24, 2.45) is 0 Å². The average molecular weight is 299 g/mol. The lowest BCUT2D eigenvalue weighted by atomic mass is 10.1. The number of nitrogens with one attached hydrogen (secondary N) is 1. The number of hydrogen-bond donors (Lipinski definition) is 1. The number of aromatic nitrogens is 1. The molecule has 0 aliphatic heterocycles. The summed E-state index contributed by atoms with van der Waals surface area (Å²) in [4.78, 5) is 4.09. The molecule has 1 aromatic carbocycles. The van der Waals surface area contributed by atoms with Gasteiger partial charge in [-0.3, -0.25) is 4.98 Å². The van der Waals surface area contributed by atoms with Crippen molar-refractivity contribution in [3.8, 4) is 0 Å². The molecule has 0 radical (unpaired) electrons. The van der Waals surface area contributed by atoms with Gasteiger partial charge in [0.1, 0.15) is 5.82 Å². The van der Waals surface area contributed by atoms with E-state index in [0.29, 0.717) is 10.0 Å². The van der Waals surface area contributed by atoms with Crippen LogP contribution in [0.4, 0.5) is 10.1 Å². The highest BCUT2D eigenvalue weighted by Crippen LogP contribution is 2.28. The minimum absolute atomic E-state index is 0.00200. The zero-order valence-corrected chi connectivity index (χ0v) is 11.8. The van der Waals surface area contributed by atoms with E-state index in [1.807, 2.05) is 13.0 Å². The van der Waals surface area contributed by atoms with Crippen LogP contribution in [0.25, 0.3) is 0 Å². The second-order valence-corrected chi connectivity index (χ2v) is 4.95. The Morgan fingerprint density at radius 1 is 1.21 bits per heavy atom. The summed E-state index contributed by atoms with van der Waals surface area (Å²) in [5, 5.41) is 4.31. The number of halogens is 3. The fraction of sp³-hybridized carbons (Fsp3) is 0.214. The first-order valence-electron chi connectivity index (χ1n) is 5.93. The summed E-state index contributed by atoms with van der Waals surface area (Å²) >= 11 is 11.8. The van der Waals surface area contributed by atoms with Crippen molar-refractivity contribution in [2.75, 3.05) is 5.32 Å². The molecule has 1 atom stereocenters. The van der Waals surface area contributed by atoms with Crippen molar-refractivity contribution in [1.29, 1.82) is 0 Å². The molecule has 0 amide bonds. The first-order valence-corrected chi connectivity index (χ1v) is 6.68. The van der Waals surface area contributed by atoms with Crippen molar-refractivity contribution in [2.45, 2.75) is 19.4 Å². The van der Waals surface area contributed by atoms with Gasteiger partial charge in [0, 0.05) is 5.69 Å². The molecule has 1 N–H and O–H groups in total. The van der Waals surface area contributed by atoms with Gasteiger partial charge in [0.05, 0.1) is 28.0 Å². The number of rotatable bonds is 4. The van der Waals surface area contributed by atoms with Crippen molar-refractivity contribution >= 4 is 28.9 Å². The number of benzene rings is 1. The predicted octanol–water partition coefficient (Wildman–Crippen LogP) is 5.09. The van der Waals surface area contributed by atoms with Gasteiger partial charge in [-0.2, -0.15) is 0 Å². The first-order chi connectivity index (χ1) is 9.10. The van der Waals surface area contributed by atoms with E-state index in [1.54, 1.807) is 18.2 Å². The molecule has 0 fully saturated rings. The van der Waals surface area contributed by atoms with Gasteiger partial charge in [-0.05, 0) is 36.8 Å². The van der Waals surface area contributed by atoms with Crippen LogP contribution in [0.15, 0.2) is 36.5 Å². The Labute approximate surface area is 121 Å². The van der Waals surface area contributed by atoms with Gasteiger partial charge in [0.2, 0.25) is 0 Å². The van der Waals surface area contributed by atoms with Crippen LogP contribution in [-0.2, 0) is 0 Å². The summed E-state index contributed by atoms with van der Waals surface area (Å²) in [5.41, 5.74) is 1.64. The Hall–Kier alpha value is -1.32. The quantitative estimate of drug-likeness (QED) is 0.850. The van der Waals surface area contributed by atoms with E-state index >= 15 is 0 Å². The zero-order valence-electron chi connectivity index (χ0n) is 10.3. The van der Waals surface area contributed by atoms with E-state index < -0.39 is 0 Å². The Morgan fingerprint density at radius 3 is 2.58 bits per heavy atom. The largest absolute Gasteiger partial charge is 0.377 e. The Morgan fingerprint density at radius 2 is 2.00 bits per heavy atom. The summed E-state index contributed by atoms with van der Waals surface area (Å²) in [5.74, 6) is -0.340. The summed E-state index contributed by atoms with van der Waals surface area (Å²) in [7, 11) is 0. The van der Waals surface area contributed by atoms with Gasteiger partial charge < -0.3 is 5.32 Å². The summed E-state index contributed by atoms with van der Waals surface area (Å²) in [6.07, 6.45) is 2.04. The molecule has 0 aliphatic carbocycles. The lowest BCUT2D eigenvalue weighted by molar-refractivity contribution is 0.614. The maximum atomic E-state index is 12.9. The molecule has 1 heterocycles. The van der Waals surface area contributed by atoms with E-state index in [-0.39, 0.29) is 11.9 Å². The van der Waals surface area contributed by atoms with E-state index in [2.05, 4.69) is 10.3 Å². The molecular formula is C14H13Cl2FN2. The van der Waals surface area contributed by atoms with Crippen LogP contribution < -0.4 is 5.32 Å². The molecule has 5 heteroatoms. The highest BCUT2D eigenvalue weighted by Gasteiger charge is 2.11. The standard InChI is InChI=1S/C14H13Cl2FN2/c1-2-13(14-6-3-9(17)8-18-14)19-10-4-5-11(15)12(16)7-10/h3-8,13,19H,2H2,1H3. The third kappa shape index (κ3) is 3.58. The normalized spacial score (nSPS) is 12.2. The van der Waals surface area contributed by atoms with Gasteiger partial charge in [-0.15, -0.1) is 0 Å². The minimum Gasteiger partial charge on any atom is -0.377 e. The molecule has 0 aliphatic rings. The fourth-order valence-electron chi connectivity index (χ4n) is 1.77. The van der Waals surface area contributed by atoms with Crippen LogP contribution in [0.2, 0.25) is 10.0 Å². The second-order valence-electron chi connectivity index (χ2n) is 4.14. The van der Waals surface area contributed by atoms with Gasteiger partial charge >= 0.3 is 0 Å². The number of nitrogens with zero attached hydrogens (tertiary/aromatic N) is 1. The van der Waals surface area contributed by atoms with Crippen LogP contribution in [0.5, 0.6) is 0 Å². The highest BCUT2D eigenvalue weighted by atomic mass is 35.5. The first kappa shape index (κ1) is 14.1. The van der Waals surface area contributed by atoms with Gasteiger partial charge in [0.15, 0.2) is 0 Å². The highest BCUT2D eigenvalue weighted by molar-refractivity contribution is 6.42. The molecule has 1 unspecified atom stereocenters. The Bertz CT molecular complexity index is 558. The molecule has 100 valence electrons. The molecule has 2 nitrogen and oxygen atoms in total. The van der Waals surface area contributed by atoms with Gasteiger partial charge in [-0.1, -0.05) is 30.1 Å². The molecule has 19 heavy (non-hydrogen) atoms. The van der Waals surface area contributed by atoms with E-state index in [0.717, 1.165) is 17.8 Å². The van der Waals surface area contributed by atoms with E-state index in [9.17, 15) is 4.39 Å². The van der Waals surface area contributed by atoms with E-state index in [1.165, 1.54) is 12.3 Å². The predicted molar refractivity (Wildman–Crippen MR) is 77.3 cm³/mol. The number of anilines is 1. The molecule has 1 aromatic heterocycles. The van der Waals surface area contributed by atoms with Crippen LogP contribution in [0.1, 0.15) is 25.1 Å².